The number of imidazole rings is 1. The molecule has 128 valence electrons. The van der Waals surface area contributed by atoms with Gasteiger partial charge in [0.2, 0.25) is 0 Å². The Morgan fingerprint density at radius 2 is 2.12 bits per heavy atom. The van der Waals surface area contributed by atoms with Crippen LogP contribution in [-0.4, -0.2) is 41.0 Å². The van der Waals surface area contributed by atoms with E-state index >= 15 is 0 Å². The largest absolute Gasteiger partial charge is 0.408 e. The maximum atomic E-state index is 12.3. The molecule has 2 heterocycles. The van der Waals surface area contributed by atoms with Crippen LogP contribution in [0.2, 0.25) is 0 Å². The number of carbonyl (C=O) groups excluding carboxylic acids is 1. The molecular weight excluding hydrogens is 318 g/mol. The molecule has 3 aromatic rings. The number of carbonyl (C=O) groups is 1. The molecular formula is C19H20N3O3+. The summed E-state index contributed by atoms with van der Waals surface area (Å²) in [6.07, 6.45) is -0.299. The fourth-order valence-corrected chi connectivity index (χ4v) is 3.41. The summed E-state index contributed by atoms with van der Waals surface area (Å²) in [7, 11) is 3.38. The molecule has 4 rings (SSSR count). The zero-order valence-electron chi connectivity index (χ0n) is 14.2. The Morgan fingerprint density at radius 1 is 1.28 bits per heavy atom. The van der Waals surface area contributed by atoms with Gasteiger partial charge < -0.3 is 19.4 Å². The standard InChI is InChI=1S/C19H19N3O3/c1-24-19(25-2)13-6-3-5-12(11-13)17-21-15-8-4-7-14-16(15)22(17)10-9-20-18(14)23/h3-8,11,19H,9-10H2,1-2H3,(H,20,23)/p+1. The molecule has 0 bridgehead atoms. The lowest BCUT2D eigenvalue weighted by atomic mass is 10.1. The zero-order valence-corrected chi connectivity index (χ0v) is 14.2. The Hall–Kier alpha value is -2.70. The molecule has 0 saturated heterocycles. The minimum Gasteiger partial charge on any atom is -0.408 e. The van der Waals surface area contributed by atoms with E-state index in [-0.39, 0.29) is 12.2 Å². The van der Waals surface area contributed by atoms with Crippen LogP contribution in [0.1, 0.15) is 22.2 Å². The number of nitrogens with one attached hydrogen (secondary N) is 1. The van der Waals surface area contributed by atoms with Crippen molar-refractivity contribution in [2.75, 3.05) is 20.8 Å². The summed E-state index contributed by atoms with van der Waals surface area (Å²) in [4.78, 5) is 17.1. The van der Waals surface area contributed by atoms with E-state index < -0.39 is 0 Å². The van der Waals surface area contributed by atoms with Crippen molar-refractivity contribution in [3.05, 3.63) is 53.6 Å². The Kier molecular flexibility index (Phi) is 3.99. The first-order chi connectivity index (χ1) is 12.2. The summed E-state index contributed by atoms with van der Waals surface area (Å²) in [5, 5.41) is 2.94. The van der Waals surface area contributed by atoms with Gasteiger partial charge in [0.05, 0.1) is 22.2 Å². The van der Waals surface area contributed by atoms with Gasteiger partial charge in [0.15, 0.2) is 0 Å². The van der Waals surface area contributed by atoms with Crippen LogP contribution in [0.4, 0.5) is 0 Å². The van der Waals surface area contributed by atoms with Crippen LogP contribution in [0.15, 0.2) is 42.5 Å². The smallest absolute Gasteiger partial charge is 0.291 e. The van der Waals surface area contributed by atoms with Crippen molar-refractivity contribution in [1.29, 1.82) is 0 Å². The first-order valence-electron chi connectivity index (χ1n) is 8.22. The summed E-state index contributed by atoms with van der Waals surface area (Å²) in [5.41, 5.74) is 4.35. The minimum atomic E-state index is -0.299. The van der Waals surface area contributed by atoms with E-state index in [1.165, 1.54) is 0 Å². The first kappa shape index (κ1) is 15.8. The highest BCUT2D eigenvalue weighted by Crippen LogP contribution is 2.30. The van der Waals surface area contributed by atoms with Crippen molar-refractivity contribution in [3.8, 4) is 11.4 Å². The number of benzene rings is 2. The number of methoxy groups -OCH3 is 1. The average molecular weight is 338 g/mol. The zero-order chi connectivity index (χ0) is 17.4. The normalized spacial score (nSPS) is 15.0. The van der Waals surface area contributed by atoms with E-state index in [1.807, 2.05) is 42.5 Å². The molecule has 25 heavy (non-hydrogen) atoms. The van der Waals surface area contributed by atoms with E-state index in [4.69, 9.17) is 9.72 Å². The molecule has 1 amide bonds. The molecule has 0 aliphatic carbocycles. The molecule has 0 spiro atoms. The molecule has 1 atom stereocenters. The second-order valence-electron chi connectivity index (χ2n) is 5.99. The van der Waals surface area contributed by atoms with Crippen molar-refractivity contribution in [2.45, 2.75) is 12.8 Å². The number of aliphatic hydroxyl groups is 2. The topological polar surface area (TPSA) is 69.0 Å². The van der Waals surface area contributed by atoms with Gasteiger partial charge in [-0.2, -0.15) is 0 Å². The number of nitrogens with zero attached hydrogens (tertiary/aromatic N) is 2. The van der Waals surface area contributed by atoms with Gasteiger partial charge in [-0.1, -0.05) is 18.2 Å². The Morgan fingerprint density at radius 3 is 2.92 bits per heavy atom. The minimum absolute atomic E-state index is 0.0474. The maximum absolute atomic E-state index is 12.3. The number of aromatic nitrogens is 2. The monoisotopic (exact) mass is 338 g/mol. The molecule has 6 nitrogen and oxygen atoms in total. The van der Waals surface area contributed by atoms with Crippen LogP contribution in [0, 0.1) is 0 Å². The quantitative estimate of drug-likeness (QED) is 0.586. The molecule has 0 fully saturated rings. The molecule has 1 aliphatic rings. The summed E-state index contributed by atoms with van der Waals surface area (Å²) >= 11 is 0. The van der Waals surface area contributed by atoms with Gasteiger partial charge in [-0.15, -0.1) is 0 Å². The SMILES string of the molecule is COC([OH+]C)c1cccc(-c2nc3cccc4c3n2CCNC4=O)c1. The van der Waals surface area contributed by atoms with Crippen LogP contribution < -0.4 is 5.32 Å². The van der Waals surface area contributed by atoms with Crippen LogP contribution >= 0.6 is 0 Å². The number of hydrogen-bond acceptors (Lipinski definition) is 3. The first-order valence-corrected chi connectivity index (χ1v) is 8.22. The fraction of sp³-hybridized carbons (Fsp3) is 0.263. The molecule has 1 aliphatic heterocycles. The van der Waals surface area contributed by atoms with Crippen molar-refractivity contribution < 1.29 is 14.3 Å². The van der Waals surface area contributed by atoms with Crippen molar-refractivity contribution in [3.63, 3.8) is 0 Å². The summed E-state index contributed by atoms with van der Waals surface area (Å²) < 4.78 is 11.8. The highest BCUT2D eigenvalue weighted by Gasteiger charge is 2.22. The van der Waals surface area contributed by atoms with Gasteiger partial charge in [0.1, 0.15) is 12.9 Å². The average Bonchev–Trinajstić information content (AvgIpc) is 2.92. The third-order valence-electron chi connectivity index (χ3n) is 4.52. The number of ether oxygens (including phenoxy) is 2. The van der Waals surface area contributed by atoms with Gasteiger partial charge in [-0.05, 0) is 24.3 Å². The Balaban J connectivity index is 1.91. The Labute approximate surface area is 145 Å². The van der Waals surface area contributed by atoms with Gasteiger partial charge in [-0.25, -0.2) is 4.98 Å². The fourth-order valence-electron chi connectivity index (χ4n) is 3.41. The van der Waals surface area contributed by atoms with Gasteiger partial charge in [-0.3, -0.25) is 4.79 Å². The van der Waals surface area contributed by atoms with Crippen molar-refractivity contribution in [2.24, 2.45) is 0 Å². The third kappa shape index (κ3) is 2.59. The van der Waals surface area contributed by atoms with Crippen molar-refractivity contribution >= 4 is 16.9 Å². The molecule has 1 unspecified atom stereocenters. The lowest BCUT2D eigenvalue weighted by Gasteiger charge is -2.12. The number of hydrogen-bond donors (Lipinski definition) is 1. The molecule has 6 heteroatoms. The molecule has 1 aromatic heterocycles. The predicted octanol–water partition coefficient (Wildman–Crippen LogP) is 2.25. The highest BCUT2D eigenvalue weighted by atomic mass is 16.7. The lowest BCUT2D eigenvalue weighted by Crippen LogP contribution is -2.24. The second-order valence-corrected chi connectivity index (χ2v) is 5.99. The number of para-hydroxylation sites is 1. The van der Waals surface area contributed by atoms with Crippen LogP contribution in [0.25, 0.3) is 22.4 Å². The van der Waals surface area contributed by atoms with E-state index in [9.17, 15) is 4.79 Å². The Bertz CT molecular complexity index is 944. The predicted molar refractivity (Wildman–Crippen MR) is 95.4 cm³/mol. The van der Waals surface area contributed by atoms with Gasteiger partial charge >= 0.3 is 0 Å². The molecule has 0 saturated carbocycles. The van der Waals surface area contributed by atoms with Gasteiger partial charge in [0.25, 0.3) is 12.2 Å². The molecule has 2 N–H and O–H groups in total. The van der Waals surface area contributed by atoms with Crippen molar-refractivity contribution in [1.82, 2.24) is 14.9 Å². The number of amides is 1. The summed E-state index contributed by atoms with van der Waals surface area (Å²) in [6.45, 7) is 1.27. The third-order valence-corrected chi connectivity index (χ3v) is 4.52. The van der Waals surface area contributed by atoms with E-state index in [1.54, 1.807) is 14.2 Å². The molecule has 2 aromatic carbocycles. The van der Waals surface area contributed by atoms with Crippen LogP contribution in [0.3, 0.4) is 0 Å². The lowest BCUT2D eigenvalue weighted by molar-refractivity contribution is -0.207. The summed E-state index contributed by atoms with van der Waals surface area (Å²) in [6, 6.07) is 13.7. The van der Waals surface area contributed by atoms with Crippen LogP contribution in [-0.2, 0) is 11.3 Å². The summed E-state index contributed by atoms with van der Waals surface area (Å²) in [5.74, 6) is 0.806. The van der Waals surface area contributed by atoms with E-state index in [0.29, 0.717) is 18.7 Å². The maximum Gasteiger partial charge on any atom is 0.291 e. The van der Waals surface area contributed by atoms with E-state index in [2.05, 4.69) is 14.6 Å². The number of rotatable bonds is 4. The van der Waals surface area contributed by atoms with E-state index in [0.717, 1.165) is 28.0 Å². The van der Waals surface area contributed by atoms with Gasteiger partial charge in [0, 0.05) is 25.8 Å². The molecule has 0 radical (unpaired) electrons. The highest BCUT2D eigenvalue weighted by molar-refractivity contribution is 6.06. The van der Waals surface area contributed by atoms with Crippen LogP contribution in [0.5, 0.6) is 0 Å². The second kappa shape index (κ2) is 6.31.